The summed E-state index contributed by atoms with van der Waals surface area (Å²) in [7, 11) is 0. The molecule has 15 heavy (non-hydrogen) atoms. The van der Waals surface area contributed by atoms with Crippen molar-refractivity contribution < 1.29 is 9.72 Å². The van der Waals surface area contributed by atoms with Crippen LogP contribution in [0.2, 0.25) is 0 Å². The molecule has 1 aromatic carbocycles. The molecule has 0 bridgehead atoms. The minimum absolute atomic E-state index is 0.0289. The van der Waals surface area contributed by atoms with Crippen LogP contribution >= 0.6 is 0 Å². The smallest absolute Gasteiger partial charge is 0.312 e. The fraction of sp³-hybridized carbons (Fsp3) is 0.222. The summed E-state index contributed by atoms with van der Waals surface area (Å²) in [5.74, 6) is 0. The molecule has 0 saturated heterocycles. The van der Waals surface area contributed by atoms with E-state index in [9.17, 15) is 14.9 Å². The minimum atomic E-state index is -0.708. The Morgan fingerprint density at radius 2 is 2.13 bits per heavy atom. The number of nitrogens with one attached hydrogen (secondary N) is 1. The van der Waals surface area contributed by atoms with Gasteiger partial charge in [0.25, 0.3) is 5.69 Å². The second-order valence-electron chi connectivity index (χ2n) is 3.05. The number of urea groups is 1. The summed E-state index contributed by atoms with van der Waals surface area (Å²) in [6, 6.07) is 5.01. The maximum absolute atomic E-state index is 10.7. The van der Waals surface area contributed by atoms with E-state index >= 15 is 0 Å². The van der Waals surface area contributed by atoms with E-state index in [0.29, 0.717) is 5.56 Å². The highest BCUT2D eigenvalue weighted by Gasteiger charge is 2.18. The first kappa shape index (κ1) is 11.0. The number of para-hydroxylation sites is 1. The van der Waals surface area contributed by atoms with Crippen LogP contribution < -0.4 is 11.1 Å². The lowest BCUT2D eigenvalue weighted by Crippen LogP contribution is -2.31. The van der Waals surface area contributed by atoms with E-state index in [1.807, 2.05) is 0 Å². The van der Waals surface area contributed by atoms with Crippen molar-refractivity contribution in [1.29, 1.82) is 0 Å². The molecule has 80 valence electrons. The number of hydrogen-bond donors (Lipinski definition) is 2. The molecule has 6 nitrogen and oxygen atoms in total. The second kappa shape index (κ2) is 4.41. The van der Waals surface area contributed by atoms with Crippen LogP contribution in [0, 0.1) is 10.1 Å². The second-order valence-corrected chi connectivity index (χ2v) is 3.05. The first-order valence-corrected chi connectivity index (χ1v) is 4.31. The highest BCUT2D eigenvalue weighted by atomic mass is 16.6. The molecule has 0 aromatic heterocycles. The number of nitrogens with two attached hydrogens (primary N) is 1. The van der Waals surface area contributed by atoms with Crippen molar-refractivity contribution in [2.75, 3.05) is 0 Å². The molecule has 1 atom stereocenters. The molecule has 0 aliphatic carbocycles. The lowest BCUT2D eigenvalue weighted by Gasteiger charge is -2.12. The Labute approximate surface area is 86.2 Å². The summed E-state index contributed by atoms with van der Waals surface area (Å²) in [4.78, 5) is 20.8. The Bertz CT molecular complexity index is 392. The van der Waals surface area contributed by atoms with Crippen molar-refractivity contribution in [3.8, 4) is 0 Å². The molecule has 0 spiro atoms. The van der Waals surface area contributed by atoms with Crippen LogP contribution in [0.3, 0.4) is 0 Å². The van der Waals surface area contributed by atoms with Gasteiger partial charge in [-0.05, 0) is 6.92 Å². The largest absolute Gasteiger partial charge is 0.352 e. The number of carbonyl (C=O) groups excluding carboxylic acids is 1. The summed E-state index contributed by atoms with van der Waals surface area (Å²) in [5.41, 5.74) is 5.34. The van der Waals surface area contributed by atoms with Crippen molar-refractivity contribution in [3.63, 3.8) is 0 Å². The number of rotatable bonds is 3. The van der Waals surface area contributed by atoms with Gasteiger partial charge in [-0.1, -0.05) is 18.2 Å². The summed E-state index contributed by atoms with van der Waals surface area (Å²) >= 11 is 0. The molecule has 6 heteroatoms. The van der Waals surface area contributed by atoms with Crippen LogP contribution in [0.5, 0.6) is 0 Å². The Morgan fingerprint density at radius 1 is 1.53 bits per heavy atom. The highest BCUT2D eigenvalue weighted by Crippen LogP contribution is 2.23. The van der Waals surface area contributed by atoms with Gasteiger partial charge in [0.15, 0.2) is 0 Å². The summed E-state index contributed by atoms with van der Waals surface area (Å²) < 4.78 is 0. The standard InChI is InChI=1S/C9H11N3O3/c1-6(11-9(10)13)7-4-2-3-5-8(7)12(14)15/h2-6H,1H3,(H3,10,11,13). The van der Waals surface area contributed by atoms with Gasteiger partial charge in [0.05, 0.1) is 16.5 Å². The molecule has 0 aliphatic heterocycles. The van der Waals surface area contributed by atoms with Crippen LogP contribution in [-0.4, -0.2) is 11.0 Å². The molecule has 0 radical (unpaired) electrons. The van der Waals surface area contributed by atoms with E-state index < -0.39 is 17.0 Å². The third-order valence-corrected chi connectivity index (χ3v) is 1.96. The lowest BCUT2D eigenvalue weighted by atomic mass is 10.1. The maximum Gasteiger partial charge on any atom is 0.312 e. The molecular formula is C9H11N3O3. The summed E-state index contributed by atoms with van der Waals surface area (Å²) in [6.07, 6.45) is 0. The van der Waals surface area contributed by atoms with Gasteiger partial charge >= 0.3 is 6.03 Å². The molecule has 3 N–H and O–H groups in total. The first-order chi connectivity index (χ1) is 7.02. The highest BCUT2D eigenvalue weighted by molar-refractivity contribution is 5.72. The van der Waals surface area contributed by atoms with Crippen molar-refractivity contribution in [1.82, 2.24) is 5.32 Å². The zero-order valence-electron chi connectivity index (χ0n) is 8.14. The number of nitro groups is 1. The Morgan fingerprint density at radius 3 is 2.67 bits per heavy atom. The first-order valence-electron chi connectivity index (χ1n) is 4.31. The average Bonchev–Trinajstić information content (AvgIpc) is 2.16. The van der Waals surface area contributed by atoms with Crippen LogP contribution in [0.1, 0.15) is 18.5 Å². The SMILES string of the molecule is CC(NC(N)=O)c1ccccc1[N+](=O)[O-]. The van der Waals surface area contributed by atoms with E-state index in [0.717, 1.165) is 0 Å². The van der Waals surface area contributed by atoms with Crippen molar-refractivity contribution in [2.24, 2.45) is 5.73 Å². The summed E-state index contributed by atoms with van der Waals surface area (Å²) in [6.45, 7) is 1.63. The molecule has 1 unspecified atom stereocenters. The van der Waals surface area contributed by atoms with Crippen molar-refractivity contribution in [3.05, 3.63) is 39.9 Å². The Kier molecular flexibility index (Phi) is 3.22. The maximum atomic E-state index is 10.7. The Balaban J connectivity index is 3.02. The molecule has 0 fully saturated rings. The van der Waals surface area contributed by atoms with E-state index in [1.165, 1.54) is 6.07 Å². The van der Waals surface area contributed by atoms with Crippen molar-refractivity contribution >= 4 is 11.7 Å². The van der Waals surface area contributed by atoms with Crippen LogP contribution in [0.25, 0.3) is 0 Å². The molecule has 1 aromatic rings. The molecular weight excluding hydrogens is 198 g/mol. The number of nitrogens with zero attached hydrogens (tertiary/aromatic N) is 1. The third-order valence-electron chi connectivity index (χ3n) is 1.96. The average molecular weight is 209 g/mol. The fourth-order valence-corrected chi connectivity index (χ4v) is 1.31. The number of carbonyl (C=O) groups is 1. The predicted molar refractivity (Wildman–Crippen MR) is 54.2 cm³/mol. The van der Waals surface area contributed by atoms with Gasteiger partial charge in [-0.3, -0.25) is 10.1 Å². The normalized spacial score (nSPS) is 11.8. The van der Waals surface area contributed by atoms with Gasteiger partial charge in [0.2, 0.25) is 0 Å². The zero-order chi connectivity index (χ0) is 11.4. The van der Waals surface area contributed by atoms with E-state index in [2.05, 4.69) is 5.32 Å². The fourth-order valence-electron chi connectivity index (χ4n) is 1.31. The lowest BCUT2D eigenvalue weighted by molar-refractivity contribution is -0.385. The molecule has 0 saturated carbocycles. The topological polar surface area (TPSA) is 98.3 Å². The number of primary amides is 1. The molecule has 1 rings (SSSR count). The van der Waals surface area contributed by atoms with Gasteiger partial charge in [0, 0.05) is 6.07 Å². The molecule has 2 amide bonds. The number of amides is 2. The van der Waals surface area contributed by atoms with Crippen LogP contribution in [-0.2, 0) is 0 Å². The molecule has 0 aliphatic rings. The quantitative estimate of drug-likeness (QED) is 0.580. The van der Waals surface area contributed by atoms with E-state index in [4.69, 9.17) is 5.73 Å². The Hall–Kier alpha value is -2.11. The van der Waals surface area contributed by atoms with Gasteiger partial charge in [-0.15, -0.1) is 0 Å². The third kappa shape index (κ3) is 2.67. The predicted octanol–water partition coefficient (Wildman–Crippen LogP) is 1.32. The van der Waals surface area contributed by atoms with E-state index in [-0.39, 0.29) is 5.69 Å². The number of benzene rings is 1. The monoisotopic (exact) mass is 209 g/mol. The molecule has 0 heterocycles. The van der Waals surface area contributed by atoms with Gasteiger partial charge in [-0.2, -0.15) is 0 Å². The van der Waals surface area contributed by atoms with Crippen LogP contribution in [0.15, 0.2) is 24.3 Å². The van der Waals surface area contributed by atoms with Crippen LogP contribution in [0.4, 0.5) is 10.5 Å². The van der Waals surface area contributed by atoms with Gasteiger partial charge < -0.3 is 11.1 Å². The number of hydrogen-bond acceptors (Lipinski definition) is 3. The number of nitro benzene ring substituents is 1. The van der Waals surface area contributed by atoms with E-state index in [1.54, 1.807) is 25.1 Å². The summed E-state index contributed by atoms with van der Waals surface area (Å²) in [5, 5.41) is 13.1. The minimum Gasteiger partial charge on any atom is -0.352 e. The van der Waals surface area contributed by atoms with Gasteiger partial charge in [0.1, 0.15) is 0 Å². The van der Waals surface area contributed by atoms with Gasteiger partial charge in [-0.25, -0.2) is 4.79 Å². The zero-order valence-corrected chi connectivity index (χ0v) is 8.14. The van der Waals surface area contributed by atoms with Crippen molar-refractivity contribution in [2.45, 2.75) is 13.0 Å².